The summed E-state index contributed by atoms with van der Waals surface area (Å²) < 4.78 is 7.44. The standard InChI is InChI=1S/C22H18N2O3/c1-15-6-2-4-8-19(15)23-12-16-13-24(20-9-5-3-7-18(16)20)14-17-10-11-21(27-17)22(25)26/h2-13H,14H2,1H3,(H,25,26). The number of rotatable bonds is 5. The summed E-state index contributed by atoms with van der Waals surface area (Å²) in [6.45, 7) is 2.49. The van der Waals surface area contributed by atoms with Crippen molar-refractivity contribution in [2.24, 2.45) is 4.99 Å². The number of hydrogen-bond acceptors (Lipinski definition) is 3. The molecule has 0 saturated heterocycles. The number of fused-ring (bicyclic) bond motifs is 1. The molecule has 0 aliphatic carbocycles. The number of aryl methyl sites for hydroxylation is 1. The quantitative estimate of drug-likeness (QED) is 0.508. The third-order valence-corrected chi connectivity index (χ3v) is 4.48. The number of carboxylic acids is 1. The largest absolute Gasteiger partial charge is 0.475 e. The molecule has 0 bridgehead atoms. The Kier molecular flexibility index (Phi) is 4.34. The molecule has 4 aromatic rings. The van der Waals surface area contributed by atoms with E-state index >= 15 is 0 Å². The van der Waals surface area contributed by atoms with Crippen LogP contribution in [-0.4, -0.2) is 21.9 Å². The molecule has 0 aliphatic rings. The summed E-state index contributed by atoms with van der Waals surface area (Å²) in [5, 5.41) is 10.1. The molecule has 0 radical (unpaired) electrons. The first-order valence-electron chi connectivity index (χ1n) is 8.61. The highest BCUT2D eigenvalue weighted by molar-refractivity contribution is 6.00. The van der Waals surface area contributed by atoms with Gasteiger partial charge in [-0.25, -0.2) is 4.79 Å². The average Bonchev–Trinajstić information content (AvgIpc) is 3.27. The van der Waals surface area contributed by atoms with E-state index in [1.165, 1.54) is 6.07 Å². The van der Waals surface area contributed by atoms with E-state index in [4.69, 9.17) is 9.52 Å². The number of aromatic nitrogens is 1. The van der Waals surface area contributed by atoms with Crippen molar-refractivity contribution in [3.05, 3.63) is 89.5 Å². The van der Waals surface area contributed by atoms with Crippen LogP contribution in [0.15, 0.2) is 76.3 Å². The number of hydrogen-bond donors (Lipinski definition) is 1. The van der Waals surface area contributed by atoms with Gasteiger partial charge in [0.05, 0.1) is 12.2 Å². The second-order valence-electron chi connectivity index (χ2n) is 6.35. The number of aromatic carboxylic acids is 1. The lowest BCUT2D eigenvalue weighted by Crippen LogP contribution is -1.97. The third kappa shape index (κ3) is 3.40. The molecule has 5 nitrogen and oxygen atoms in total. The zero-order chi connectivity index (χ0) is 18.8. The number of carbonyl (C=O) groups is 1. The first-order chi connectivity index (χ1) is 13.1. The molecule has 1 N–H and O–H groups in total. The van der Waals surface area contributed by atoms with Gasteiger partial charge in [0.1, 0.15) is 5.76 Å². The van der Waals surface area contributed by atoms with Gasteiger partial charge >= 0.3 is 5.97 Å². The van der Waals surface area contributed by atoms with Crippen molar-refractivity contribution >= 4 is 28.8 Å². The van der Waals surface area contributed by atoms with Crippen molar-refractivity contribution in [1.29, 1.82) is 0 Å². The Morgan fingerprint density at radius 1 is 1.11 bits per heavy atom. The lowest BCUT2D eigenvalue weighted by molar-refractivity contribution is 0.0660. The number of carboxylic acid groups (broad SMARTS) is 1. The van der Waals surface area contributed by atoms with Gasteiger partial charge in [-0.05, 0) is 36.8 Å². The normalized spacial score (nSPS) is 11.4. The summed E-state index contributed by atoms with van der Waals surface area (Å²) in [7, 11) is 0. The molecule has 5 heteroatoms. The van der Waals surface area contributed by atoms with E-state index in [1.807, 2.05) is 66.4 Å². The maximum absolute atomic E-state index is 11.0. The molecular formula is C22H18N2O3. The highest BCUT2D eigenvalue weighted by Gasteiger charge is 2.12. The molecule has 0 atom stereocenters. The van der Waals surface area contributed by atoms with Gasteiger partial charge in [0.25, 0.3) is 0 Å². The first kappa shape index (κ1) is 16.8. The van der Waals surface area contributed by atoms with E-state index < -0.39 is 5.97 Å². The van der Waals surface area contributed by atoms with Crippen molar-refractivity contribution in [2.75, 3.05) is 0 Å². The fraction of sp³-hybridized carbons (Fsp3) is 0.0909. The zero-order valence-corrected chi connectivity index (χ0v) is 14.8. The Labute approximate surface area is 156 Å². The van der Waals surface area contributed by atoms with Crippen LogP contribution < -0.4 is 0 Å². The van der Waals surface area contributed by atoms with E-state index in [1.54, 1.807) is 6.07 Å². The van der Waals surface area contributed by atoms with Gasteiger partial charge in [0, 0.05) is 28.9 Å². The maximum Gasteiger partial charge on any atom is 0.371 e. The smallest absolute Gasteiger partial charge is 0.371 e. The molecule has 2 aromatic carbocycles. The third-order valence-electron chi connectivity index (χ3n) is 4.48. The van der Waals surface area contributed by atoms with E-state index in [0.717, 1.165) is 27.7 Å². The van der Waals surface area contributed by atoms with Gasteiger partial charge in [0.15, 0.2) is 0 Å². The number of nitrogens with zero attached hydrogens (tertiary/aromatic N) is 2. The van der Waals surface area contributed by atoms with Crippen LogP contribution in [0, 0.1) is 6.92 Å². The van der Waals surface area contributed by atoms with E-state index in [-0.39, 0.29) is 5.76 Å². The van der Waals surface area contributed by atoms with Crippen molar-refractivity contribution in [3.63, 3.8) is 0 Å². The number of para-hydroxylation sites is 2. The highest BCUT2D eigenvalue weighted by Crippen LogP contribution is 2.23. The molecule has 134 valence electrons. The molecule has 0 fully saturated rings. The Morgan fingerprint density at radius 3 is 2.67 bits per heavy atom. The fourth-order valence-electron chi connectivity index (χ4n) is 3.10. The van der Waals surface area contributed by atoms with Crippen LogP contribution in [0.2, 0.25) is 0 Å². The minimum Gasteiger partial charge on any atom is -0.475 e. The summed E-state index contributed by atoms with van der Waals surface area (Å²) in [5.41, 5.74) is 4.09. The Morgan fingerprint density at radius 2 is 1.89 bits per heavy atom. The van der Waals surface area contributed by atoms with E-state index in [2.05, 4.69) is 11.1 Å². The average molecular weight is 358 g/mol. The molecule has 0 amide bonds. The van der Waals surface area contributed by atoms with E-state index in [0.29, 0.717) is 12.3 Å². The molecule has 0 spiro atoms. The molecular weight excluding hydrogens is 340 g/mol. The van der Waals surface area contributed by atoms with Gasteiger partial charge < -0.3 is 14.1 Å². The molecule has 2 heterocycles. The zero-order valence-electron chi connectivity index (χ0n) is 14.8. The van der Waals surface area contributed by atoms with Gasteiger partial charge in [-0.1, -0.05) is 36.4 Å². The van der Waals surface area contributed by atoms with Crippen LogP contribution >= 0.6 is 0 Å². The summed E-state index contributed by atoms with van der Waals surface area (Å²) in [6, 6.07) is 19.2. The van der Waals surface area contributed by atoms with Crippen LogP contribution in [0.25, 0.3) is 10.9 Å². The SMILES string of the molecule is Cc1ccccc1N=Cc1cn(Cc2ccc(C(=O)O)o2)c2ccccc12. The molecule has 2 aromatic heterocycles. The first-order valence-corrected chi connectivity index (χ1v) is 8.61. The lowest BCUT2D eigenvalue weighted by Gasteiger charge is -2.02. The number of benzene rings is 2. The molecule has 4 rings (SSSR count). The monoisotopic (exact) mass is 358 g/mol. The van der Waals surface area contributed by atoms with Crippen LogP contribution in [0.5, 0.6) is 0 Å². The maximum atomic E-state index is 11.0. The van der Waals surface area contributed by atoms with Gasteiger partial charge in [0.2, 0.25) is 5.76 Å². The van der Waals surface area contributed by atoms with Crippen LogP contribution in [0.1, 0.15) is 27.4 Å². The highest BCUT2D eigenvalue weighted by atomic mass is 16.4. The van der Waals surface area contributed by atoms with Crippen molar-refractivity contribution in [2.45, 2.75) is 13.5 Å². The lowest BCUT2D eigenvalue weighted by atomic mass is 10.2. The van der Waals surface area contributed by atoms with E-state index in [9.17, 15) is 4.79 Å². The minimum absolute atomic E-state index is 0.0530. The summed E-state index contributed by atoms with van der Waals surface area (Å²) in [5.74, 6) is -0.525. The van der Waals surface area contributed by atoms with Gasteiger partial charge in [-0.3, -0.25) is 4.99 Å². The van der Waals surface area contributed by atoms with Crippen molar-refractivity contribution in [1.82, 2.24) is 4.57 Å². The molecule has 0 aliphatic heterocycles. The second kappa shape index (κ2) is 6.96. The number of aliphatic imine (C=N–C) groups is 1. The predicted octanol–water partition coefficient (Wildman–Crippen LogP) is 5.04. The summed E-state index contributed by atoms with van der Waals surface area (Å²) in [6.07, 6.45) is 3.88. The van der Waals surface area contributed by atoms with Crippen molar-refractivity contribution < 1.29 is 14.3 Å². The van der Waals surface area contributed by atoms with Crippen LogP contribution in [-0.2, 0) is 6.54 Å². The predicted molar refractivity (Wildman–Crippen MR) is 105 cm³/mol. The van der Waals surface area contributed by atoms with Gasteiger partial charge in [-0.2, -0.15) is 0 Å². The van der Waals surface area contributed by atoms with Crippen LogP contribution in [0.4, 0.5) is 5.69 Å². The fourth-order valence-corrected chi connectivity index (χ4v) is 3.10. The Balaban J connectivity index is 1.70. The summed E-state index contributed by atoms with van der Waals surface area (Å²) >= 11 is 0. The topological polar surface area (TPSA) is 67.7 Å². The molecule has 0 saturated carbocycles. The molecule has 27 heavy (non-hydrogen) atoms. The molecule has 0 unspecified atom stereocenters. The van der Waals surface area contributed by atoms with Crippen LogP contribution in [0.3, 0.4) is 0 Å². The Hall–Kier alpha value is -3.60. The Bertz CT molecular complexity index is 1150. The minimum atomic E-state index is -1.07. The second-order valence-corrected chi connectivity index (χ2v) is 6.35. The van der Waals surface area contributed by atoms with Gasteiger partial charge in [-0.15, -0.1) is 0 Å². The van der Waals surface area contributed by atoms with Crippen molar-refractivity contribution in [3.8, 4) is 0 Å². The summed E-state index contributed by atoms with van der Waals surface area (Å²) in [4.78, 5) is 15.6. The number of furan rings is 1.